The van der Waals surface area contributed by atoms with Crippen molar-refractivity contribution in [3.63, 3.8) is 0 Å². The Morgan fingerprint density at radius 3 is 2.47 bits per heavy atom. The number of Topliss-reactive ketones (excluding diaryl/α,β-unsaturated/α-hetero) is 1. The molecule has 0 bridgehead atoms. The van der Waals surface area contributed by atoms with E-state index >= 15 is 0 Å². The van der Waals surface area contributed by atoms with Gasteiger partial charge in [0.15, 0.2) is 11.0 Å². The van der Waals surface area contributed by atoms with Gasteiger partial charge in [0.05, 0.1) is 0 Å². The molecule has 0 saturated heterocycles. The van der Waals surface area contributed by atoms with Crippen LogP contribution >= 0.6 is 11.8 Å². The third-order valence-corrected chi connectivity index (χ3v) is 4.11. The first kappa shape index (κ1) is 13.9. The smallest absolute Gasteiger partial charge is 0.163 e. The van der Waals surface area contributed by atoms with Crippen molar-refractivity contribution in [3.8, 4) is 0 Å². The summed E-state index contributed by atoms with van der Waals surface area (Å²) in [7, 11) is 1.95. The minimum Gasteiger partial charge on any atom is -0.328 e. The van der Waals surface area contributed by atoms with Crippen LogP contribution in [0, 0.1) is 0 Å². The molecule has 1 aliphatic rings. The number of carbonyl (C=O) groups is 1. The summed E-state index contributed by atoms with van der Waals surface area (Å²) in [6.45, 7) is 3.60. The van der Waals surface area contributed by atoms with Crippen LogP contribution < -0.4 is 0 Å². The number of thioether (sulfide) groups is 1. The van der Waals surface area contributed by atoms with Gasteiger partial charge in [-0.05, 0) is 25.7 Å². The minimum atomic E-state index is -0.183. The second kappa shape index (κ2) is 5.61. The Labute approximate surface area is 118 Å². The summed E-state index contributed by atoms with van der Waals surface area (Å²) in [5.41, 5.74) is 2.83. The first-order valence-electron chi connectivity index (χ1n) is 6.18. The Balaban J connectivity index is 2.55. The van der Waals surface area contributed by atoms with Gasteiger partial charge in [-0.25, -0.2) is 4.99 Å². The lowest BCUT2D eigenvalue weighted by Gasteiger charge is -2.31. The third kappa shape index (κ3) is 2.59. The van der Waals surface area contributed by atoms with Gasteiger partial charge in [0, 0.05) is 18.3 Å². The van der Waals surface area contributed by atoms with E-state index in [9.17, 15) is 4.79 Å². The van der Waals surface area contributed by atoms with Crippen molar-refractivity contribution in [3.05, 3.63) is 47.2 Å². The topological polar surface area (TPSA) is 32.7 Å². The minimum absolute atomic E-state index is 0.0853. The summed E-state index contributed by atoms with van der Waals surface area (Å²) in [4.78, 5) is 18.7. The van der Waals surface area contributed by atoms with Crippen LogP contribution in [-0.2, 0) is 4.79 Å². The van der Waals surface area contributed by atoms with Gasteiger partial charge in [-0.15, -0.1) is 0 Å². The van der Waals surface area contributed by atoms with Crippen LogP contribution in [-0.4, -0.2) is 29.2 Å². The maximum absolute atomic E-state index is 12.0. The highest BCUT2D eigenvalue weighted by molar-refractivity contribution is 8.13. The van der Waals surface area contributed by atoms with Crippen molar-refractivity contribution in [2.75, 3.05) is 13.3 Å². The summed E-state index contributed by atoms with van der Waals surface area (Å²) in [5.74, 6) is 0.0853. The molecule has 1 aliphatic heterocycles. The molecule has 3 nitrogen and oxygen atoms in total. The molecule has 0 saturated carbocycles. The number of hydrogen-bond acceptors (Lipinski definition) is 4. The van der Waals surface area contributed by atoms with Crippen LogP contribution in [0.15, 0.2) is 46.6 Å². The normalized spacial score (nSPS) is 19.5. The maximum atomic E-state index is 12.0. The van der Waals surface area contributed by atoms with E-state index < -0.39 is 0 Å². The standard InChI is InChI=1S/C15H18N2OS/c1-10-13(11(2)18)14(12-8-6-5-7-9-12)16-15(19-4)17(10)3/h5-9,14H,1-4H3. The quantitative estimate of drug-likeness (QED) is 0.830. The van der Waals surface area contributed by atoms with Gasteiger partial charge >= 0.3 is 0 Å². The number of carbonyl (C=O) groups excluding carboxylic acids is 1. The molecule has 1 atom stereocenters. The Bertz CT molecular complexity index is 549. The molecule has 0 amide bonds. The predicted octanol–water partition coefficient (Wildman–Crippen LogP) is 3.26. The fourth-order valence-electron chi connectivity index (χ4n) is 2.30. The fraction of sp³-hybridized carbons (Fsp3) is 0.333. The SMILES string of the molecule is CSC1=NC(c2ccccc2)C(C(C)=O)=C(C)N1C. The van der Waals surface area contributed by atoms with Crippen molar-refractivity contribution in [1.29, 1.82) is 0 Å². The van der Waals surface area contributed by atoms with Gasteiger partial charge in [-0.2, -0.15) is 0 Å². The number of hydrogen-bond donors (Lipinski definition) is 0. The average Bonchev–Trinajstić information content (AvgIpc) is 2.42. The molecule has 1 unspecified atom stereocenters. The zero-order valence-corrected chi connectivity index (χ0v) is 12.5. The van der Waals surface area contributed by atoms with E-state index in [4.69, 9.17) is 4.99 Å². The van der Waals surface area contributed by atoms with Crippen LogP contribution in [0.5, 0.6) is 0 Å². The molecule has 100 valence electrons. The lowest BCUT2D eigenvalue weighted by molar-refractivity contribution is -0.114. The van der Waals surface area contributed by atoms with Gasteiger partial charge in [-0.3, -0.25) is 4.79 Å². The molecule has 0 aliphatic carbocycles. The third-order valence-electron chi connectivity index (χ3n) is 3.37. The van der Waals surface area contributed by atoms with E-state index in [-0.39, 0.29) is 11.8 Å². The number of allylic oxidation sites excluding steroid dienone is 1. The highest BCUT2D eigenvalue weighted by Gasteiger charge is 2.29. The Kier molecular flexibility index (Phi) is 4.10. The Hall–Kier alpha value is -1.55. The molecule has 2 rings (SSSR count). The molecule has 1 heterocycles. The van der Waals surface area contributed by atoms with E-state index in [0.717, 1.165) is 22.0 Å². The molecule has 4 heteroatoms. The van der Waals surface area contributed by atoms with Gasteiger partial charge in [-0.1, -0.05) is 42.1 Å². The van der Waals surface area contributed by atoms with E-state index in [2.05, 4.69) is 0 Å². The van der Waals surface area contributed by atoms with Crippen LogP contribution in [0.3, 0.4) is 0 Å². The van der Waals surface area contributed by atoms with Crippen molar-refractivity contribution in [2.24, 2.45) is 4.99 Å². The molecular weight excluding hydrogens is 256 g/mol. The van der Waals surface area contributed by atoms with E-state index in [1.807, 2.05) is 55.5 Å². The molecule has 0 spiro atoms. The molecule has 0 radical (unpaired) electrons. The predicted molar refractivity (Wildman–Crippen MR) is 81.3 cm³/mol. The number of ketones is 1. The van der Waals surface area contributed by atoms with Crippen LogP contribution in [0.25, 0.3) is 0 Å². The van der Waals surface area contributed by atoms with Crippen LogP contribution in [0.4, 0.5) is 0 Å². The van der Waals surface area contributed by atoms with E-state index in [1.54, 1.807) is 18.7 Å². The van der Waals surface area contributed by atoms with E-state index in [0.29, 0.717) is 0 Å². The first-order valence-corrected chi connectivity index (χ1v) is 7.41. The Morgan fingerprint density at radius 1 is 1.32 bits per heavy atom. The maximum Gasteiger partial charge on any atom is 0.163 e. The lowest BCUT2D eigenvalue weighted by atomic mass is 9.94. The average molecular weight is 274 g/mol. The highest BCUT2D eigenvalue weighted by atomic mass is 32.2. The van der Waals surface area contributed by atoms with E-state index in [1.165, 1.54) is 0 Å². The molecule has 0 N–H and O–H groups in total. The molecule has 0 fully saturated rings. The number of amidine groups is 1. The summed E-state index contributed by atoms with van der Waals surface area (Å²) in [5, 5.41) is 0.941. The lowest BCUT2D eigenvalue weighted by Crippen LogP contribution is -2.31. The number of nitrogens with zero attached hydrogens (tertiary/aromatic N) is 2. The van der Waals surface area contributed by atoms with Gasteiger partial charge in [0.25, 0.3) is 0 Å². The second-order valence-corrected chi connectivity index (χ2v) is 5.32. The van der Waals surface area contributed by atoms with Crippen molar-refractivity contribution in [1.82, 2.24) is 4.90 Å². The first-order chi connectivity index (χ1) is 9.06. The highest BCUT2D eigenvalue weighted by Crippen LogP contribution is 2.35. The fourth-order valence-corrected chi connectivity index (χ4v) is 2.92. The zero-order chi connectivity index (χ0) is 14.0. The summed E-state index contributed by atoms with van der Waals surface area (Å²) >= 11 is 1.60. The summed E-state index contributed by atoms with van der Waals surface area (Å²) < 4.78 is 0. The second-order valence-electron chi connectivity index (χ2n) is 4.54. The number of aliphatic imine (C=N–C) groups is 1. The van der Waals surface area contributed by atoms with Gasteiger partial charge in [0.2, 0.25) is 0 Å². The Morgan fingerprint density at radius 2 is 1.95 bits per heavy atom. The zero-order valence-electron chi connectivity index (χ0n) is 11.7. The van der Waals surface area contributed by atoms with Gasteiger partial charge in [0.1, 0.15) is 6.04 Å². The largest absolute Gasteiger partial charge is 0.328 e. The monoisotopic (exact) mass is 274 g/mol. The van der Waals surface area contributed by atoms with Crippen molar-refractivity contribution < 1.29 is 4.79 Å². The molecule has 19 heavy (non-hydrogen) atoms. The van der Waals surface area contributed by atoms with Crippen LogP contribution in [0.1, 0.15) is 25.5 Å². The van der Waals surface area contributed by atoms with Crippen LogP contribution in [0.2, 0.25) is 0 Å². The van der Waals surface area contributed by atoms with Gasteiger partial charge < -0.3 is 4.90 Å². The number of benzene rings is 1. The molecule has 1 aromatic rings. The molecule has 1 aromatic carbocycles. The number of rotatable bonds is 2. The summed E-state index contributed by atoms with van der Waals surface area (Å²) in [6, 6.07) is 9.80. The molecular formula is C15H18N2OS. The molecule has 0 aromatic heterocycles. The van der Waals surface area contributed by atoms with Crippen molar-refractivity contribution >= 4 is 22.7 Å². The van der Waals surface area contributed by atoms with Crippen molar-refractivity contribution in [2.45, 2.75) is 19.9 Å². The summed E-state index contributed by atoms with van der Waals surface area (Å²) in [6.07, 6.45) is 2.00.